The summed E-state index contributed by atoms with van der Waals surface area (Å²) < 4.78 is 24.8. The Morgan fingerprint density at radius 1 is 1.40 bits per heavy atom. The zero-order chi connectivity index (χ0) is 11.6. The maximum absolute atomic E-state index is 12.4. The molecule has 0 heterocycles. The predicted octanol–water partition coefficient (Wildman–Crippen LogP) is 3.12. The van der Waals surface area contributed by atoms with E-state index in [1.165, 1.54) is 25.1 Å². The van der Waals surface area contributed by atoms with Crippen LogP contribution < -0.4 is 0 Å². The van der Waals surface area contributed by atoms with Gasteiger partial charge < -0.3 is 5.11 Å². The third-order valence-corrected chi connectivity index (χ3v) is 2.39. The lowest BCUT2D eigenvalue weighted by atomic mass is 9.94. The van der Waals surface area contributed by atoms with Crippen molar-refractivity contribution >= 4 is 5.97 Å². The second-order valence-electron chi connectivity index (χ2n) is 3.48. The molecule has 1 aromatic rings. The lowest BCUT2D eigenvalue weighted by Crippen LogP contribution is -2.09. The largest absolute Gasteiger partial charge is 0.481 e. The summed E-state index contributed by atoms with van der Waals surface area (Å²) >= 11 is 0. The first kappa shape index (κ1) is 11.6. The van der Waals surface area contributed by atoms with Crippen LogP contribution in [-0.4, -0.2) is 11.1 Å². The van der Waals surface area contributed by atoms with E-state index in [1.54, 1.807) is 6.92 Å². The van der Waals surface area contributed by atoms with Gasteiger partial charge in [-0.05, 0) is 31.0 Å². The normalized spacial score (nSPS) is 12.9. The molecule has 0 saturated carbocycles. The van der Waals surface area contributed by atoms with Crippen LogP contribution in [0.25, 0.3) is 0 Å². The fourth-order valence-corrected chi connectivity index (χ4v) is 1.39. The molecule has 0 aliphatic rings. The zero-order valence-electron chi connectivity index (χ0n) is 8.50. The number of hydrogen-bond donors (Lipinski definition) is 1. The summed E-state index contributed by atoms with van der Waals surface area (Å²) in [7, 11) is 0. The highest BCUT2D eigenvalue weighted by atomic mass is 19.3. The van der Waals surface area contributed by atoms with Gasteiger partial charge in [0.2, 0.25) is 0 Å². The fourth-order valence-electron chi connectivity index (χ4n) is 1.39. The van der Waals surface area contributed by atoms with Gasteiger partial charge in [0.05, 0.1) is 5.92 Å². The summed E-state index contributed by atoms with van der Waals surface area (Å²) in [6.07, 6.45) is -2.56. The monoisotopic (exact) mass is 214 g/mol. The van der Waals surface area contributed by atoms with Crippen LogP contribution in [0, 0.1) is 6.92 Å². The molecule has 1 unspecified atom stereocenters. The van der Waals surface area contributed by atoms with E-state index >= 15 is 0 Å². The Morgan fingerprint density at radius 2 is 2.00 bits per heavy atom. The number of carbonyl (C=O) groups is 1. The van der Waals surface area contributed by atoms with E-state index in [0.29, 0.717) is 11.1 Å². The van der Waals surface area contributed by atoms with Gasteiger partial charge in [0, 0.05) is 5.56 Å². The minimum atomic E-state index is -2.56. The topological polar surface area (TPSA) is 37.3 Å². The van der Waals surface area contributed by atoms with Gasteiger partial charge in [0.15, 0.2) is 0 Å². The van der Waals surface area contributed by atoms with Crippen molar-refractivity contribution in [2.45, 2.75) is 26.2 Å². The summed E-state index contributed by atoms with van der Waals surface area (Å²) in [6.45, 7) is 3.20. The standard InChI is InChI=1S/C11H12F2O2/c1-6-3-4-8(10(12)13)5-9(6)7(2)11(14)15/h3-5,7,10H,1-2H3,(H,14,15). The van der Waals surface area contributed by atoms with Gasteiger partial charge in [-0.15, -0.1) is 0 Å². The Hall–Kier alpha value is -1.45. The van der Waals surface area contributed by atoms with Crippen molar-refractivity contribution in [2.24, 2.45) is 0 Å². The van der Waals surface area contributed by atoms with Crippen LogP contribution in [0.3, 0.4) is 0 Å². The molecule has 1 N–H and O–H groups in total. The maximum Gasteiger partial charge on any atom is 0.310 e. The quantitative estimate of drug-likeness (QED) is 0.839. The van der Waals surface area contributed by atoms with Crippen LogP contribution in [0.1, 0.15) is 36.0 Å². The average Bonchev–Trinajstić information content (AvgIpc) is 2.16. The van der Waals surface area contributed by atoms with E-state index in [9.17, 15) is 13.6 Å². The van der Waals surface area contributed by atoms with Crippen molar-refractivity contribution < 1.29 is 18.7 Å². The number of carboxylic acids is 1. The van der Waals surface area contributed by atoms with Crippen LogP contribution >= 0.6 is 0 Å². The van der Waals surface area contributed by atoms with E-state index in [-0.39, 0.29) is 5.56 Å². The molecule has 0 bridgehead atoms. The molecule has 15 heavy (non-hydrogen) atoms. The third kappa shape index (κ3) is 2.52. The van der Waals surface area contributed by atoms with E-state index in [2.05, 4.69) is 0 Å². The zero-order valence-corrected chi connectivity index (χ0v) is 8.50. The Morgan fingerprint density at radius 3 is 2.47 bits per heavy atom. The fraction of sp³-hybridized carbons (Fsp3) is 0.364. The summed E-state index contributed by atoms with van der Waals surface area (Å²) in [5.41, 5.74) is 1.03. The van der Waals surface area contributed by atoms with Gasteiger partial charge in [-0.25, -0.2) is 8.78 Å². The number of hydrogen-bond acceptors (Lipinski definition) is 1. The highest BCUT2D eigenvalue weighted by molar-refractivity contribution is 5.76. The van der Waals surface area contributed by atoms with Crippen LogP contribution in [0.2, 0.25) is 0 Å². The van der Waals surface area contributed by atoms with E-state index in [0.717, 1.165) is 0 Å². The molecule has 0 saturated heterocycles. The minimum absolute atomic E-state index is 0.135. The van der Waals surface area contributed by atoms with Crippen molar-refractivity contribution in [3.63, 3.8) is 0 Å². The third-order valence-electron chi connectivity index (χ3n) is 2.39. The van der Waals surface area contributed by atoms with Crippen molar-refractivity contribution in [1.82, 2.24) is 0 Å². The van der Waals surface area contributed by atoms with Crippen LogP contribution in [0.5, 0.6) is 0 Å². The van der Waals surface area contributed by atoms with Gasteiger partial charge in [-0.3, -0.25) is 4.79 Å². The molecule has 0 amide bonds. The smallest absolute Gasteiger partial charge is 0.310 e. The van der Waals surface area contributed by atoms with Gasteiger partial charge in [-0.1, -0.05) is 12.1 Å². The number of carboxylic acid groups (broad SMARTS) is 1. The lowest BCUT2D eigenvalue weighted by Gasteiger charge is -2.12. The second-order valence-corrected chi connectivity index (χ2v) is 3.48. The maximum atomic E-state index is 12.4. The van der Waals surface area contributed by atoms with Gasteiger partial charge in [0.1, 0.15) is 0 Å². The van der Waals surface area contributed by atoms with Crippen molar-refractivity contribution in [3.05, 3.63) is 34.9 Å². The summed E-state index contributed by atoms with van der Waals surface area (Å²) in [4.78, 5) is 10.7. The van der Waals surface area contributed by atoms with E-state index in [1.807, 2.05) is 0 Å². The first-order valence-corrected chi connectivity index (χ1v) is 4.55. The first-order valence-electron chi connectivity index (χ1n) is 4.55. The summed E-state index contributed by atoms with van der Waals surface area (Å²) in [5.74, 6) is -1.77. The molecule has 1 aromatic carbocycles. The van der Waals surface area contributed by atoms with Crippen molar-refractivity contribution in [1.29, 1.82) is 0 Å². The number of aryl methyl sites for hydroxylation is 1. The molecular formula is C11H12F2O2. The van der Waals surface area contributed by atoms with Gasteiger partial charge in [-0.2, -0.15) is 0 Å². The molecule has 82 valence electrons. The SMILES string of the molecule is Cc1ccc(C(F)F)cc1C(C)C(=O)O. The van der Waals surface area contributed by atoms with Crippen LogP contribution in [0.4, 0.5) is 8.78 Å². The highest BCUT2D eigenvalue weighted by Gasteiger charge is 2.18. The summed E-state index contributed by atoms with van der Waals surface area (Å²) in [5, 5.41) is 8.80. The Kier molecular flexibility index (Phi) is 3.39. The molecule has 0 radical (unpaired) electrons. The molecule has 0 spiro atoms. The minimum Gasteiger partial charge on any atom is -0.481 e. The summed E-state index contributed by atoms with van der Waals surface area (Å²) in [6, 6.07) is 4.10. The number of benzene rings is 1. The number of alkyl halides is 2. The number of aliphatic carboxylic acids is 1. The Bertz CT molecular complexity index is 375. The second kappa shape index (κ2) is 4.38. The van der Waals surface area contributed by atoms with Crippen molar-refractivity contribution in [2.75, 3.05) is 0 Å². The first-order chi connectivity index (χ1) is 6.93. The predicted molar refractivity (Wildman–Crippen MR) is 52.2 cm³/mol. The van der Waals surface area contributed by atoms with Gasteiger partial charge in [0.25, 0.3) is 6.43 Å². The number of rotatable bonds is 3. The average molecular weight is 214 g/mol. The van der Waals surface area contributed by atoms with Gasteiger partial charge >= 0.3 is 5.97 Å². The molecule has 1 rings (SSSR count). The molecule has 2 nitrogen and oxygen atoms in total. The molecule has 1 atom stereocenters. The molecule has 0 aliphatic carbocycles. The lowest BCUT2D eigenvalue weighted by molar-refractivity contribution is -0.138. The van der Waals surface area contributed by atoms with Crippen LogP contribution in [0.15, 0.2) is 18.2 Å². The Labute approximate surface area is 86.5 Å². The highest BCUT2D eigenvalue weighted by Crippen LogP contribution is 2.26. The Balaban J connectivity index is 3.16. The molecule has 0 aromatic heterocycles. The number of halogens is 2. The van der Waals surface area contributed by atoms with Crippen molar-refractivity contribution in [3.8, 4) is 0 Å². The van der Waals surface area contributed by atoms with E-state index in [4.69, 9.17) is 5.11 Å². The van der Waals surface area contributed by atoms with Crippen LogP contribution in [-0.2, 0) is 4.79 Å². The molecule has 0 fully saturated rings. The molecule has 4 heteroatoms. The van der Waals surface area contributed by atoms with E-state index < -0.39 is 18.3 Å². The molecular weight excluding hydrogens is 202 g/mol. The molecule has 0 aliphatic heterocycles.